The van der Waals surface area contributed by atoms with E-state index >= 15 is 0 Å². The van der Waals surface area contributed by atoms with Crippen molar-refractivity contribution in [1.29, 1.82) is 0 Å². The minimum Gasteiger partial charge on any atom is -0.368 e. The fourth-order valence-corrected chi connectivity index (χ4v) is 2.24. The number of hydrogen-bond acceptors (Lipinski definition) is 4. The minimum absolute atomic E-state index is 0.00874. The van der Waals surface area contributed by atoms with Crippen molar-refractivity contribution in [3.63, 3.8) is 0 Å². The lowest BCUT2D eigenvalue weighted by Gasteiger charge is -2.29. The Hall–Kier alpha value is -1.91. The van der Waals surface area contributed by atoms with Gasteiger partial charge < -0.3 is 5.73 Å². The molecule has 3 rings (SSSR count). The van der Waals surface area contributed by atoms with Crippen LogP contribution < -0.4 is 5.73 Å². The zero-order valence-electron chi connectivity index (χ0n) is 9.20. The summed E-state index contributed by atoms with van der Waals surface area (Å²) in [6.07, 6.45) is 5.68. The minimum atomic E-state index is 0.00874. The number of nitrogens with one attached hydrogen (secondary N) is 1. The van der Waals surface area contributed by atoms with Gasteiger partial charge in [0, 0.05) is 11.8 Å². The molecule has 0 aliphatic heterocycles. The zero-order chi connectivity index (χ0) is 11.3. The average molecular weight is 214 g/mol. The highest BCUT2D eigenvalue weighted by molar-refractivity contribution is 5.67. The Balaban J connectivity index is 2.31. The lowest BCUT2D eigenvalue weighted by Crippen LogP contribution is -2.25. The average Bonchev–Trinajstić information content (AvgIpc) is 2.69. The Morgan fingerprint density at radius 3 is 3.12 bits per heavy atom. The van der Waals surface area contributed by atoms with Gasteiger partial charge in [-0.05, 0) is 17.4 Å². The van der Waals surface area contributed by atoms with E-state index in [0.29, 0.717) is 5.95 Å². The summed E-state index contributed by atoms with van der Waals surface area (Å²) in [7, 11) is 0. The van der Waals surface area contributed by atoms with Crippen molar-refractivity contribution in [1.82, 2.24) is 20.2 Å². The van der Waals surface area contributed by atoms with Gasteiger partial charge in [-0.15, -0.1) is 0 Å². The van der Waals surface area contributed by atoms with Gasteiger partial charge in [0.1, 0.15) is 6.20 Å². The molecule has 0 unspecified atom stereocenters. The second kappa shape index (κ2) is 2.81. The first-order valence-corrected chi connectivity index (χ1v) is 5.16. The molecule has 81 valence electrons. The standard InChI is InChI=1S/C11H12N5/c1-11(2)3-6-4-13-10(12)15-8(6)9-7(11)5-14-16-9/h4H,3H2,1-2H3,(H,14,16)(H2,12,13,15). The van der Waals surface area contributed by atoms with Crippen molar-refractivity contribution >= 4 is 5.95 Å². The Morgan fingerprint density at radius 2 is 2.31 bits per heavy atom. The quantitative estimate of drug-likeness (QED) is 0.687. The highest BCUT2D eigenvalue weighted by Gasteiger charge is 2.33. The van der Waals surface area contributed by atoms with Crippen molar-refractivity contribution in [3.8, 4) is 11.4 Å². The van der Waals surface area contributed by atoms with E-state index in [-0.39, 0.29) is 5.41 Å². The molecule has 1 radical (unpaired) electrons. The first-order valence-electron chi connectivity index (χ1n) is 5.16. The van der Waals surface area contributed by atoms with Crippen LogP contribution in [-0.2, 0) is 11.8 Å². The summed E-state index contributed by atoms with van der Waals surface area (Å²) in [5.41, 5.74) is 9.56. The molecule has 2 heterocycles. The lowest BCUT2D eigenvalue weighted by atomic mass is 9.75. The van der Waals surface area contributed by atoms with E-state index < -0.39 is 0 Å². The van der Waals surface area contributed by atoms with Gasteiger partial charge >= 0.3 is 0 Å². The number of hydrogen-bond donors (Lipinski definition) is 2. The predicted molar refractivity (Wildman–Crippen MR) is 59.6 cm³/mol. The molecule has 0 saturated heterocycles. The molecular weight excluding hydrogens is 202 g/mol. The number of aromatic nitrogens is 4. The van der Waals surface area contributed by atoms with Gasteiger partial charge in [0.15, 0.2) is 0 Å². The first-order chi connectivity index (χ1) is 7.58. The Morgan fingerprint density at radius 1 is 1.50 bits per heavy atom. The fourth-order valence-electron chi connectivity index (χ4n) is 2.24. The summed E-state index contributed by atoms with van der Waals surface area (Å²) < 4.78 is 0. The van der Waals surface area contributed by atoms with Crippen LogP contribution in [0.4, 0.5) is 5.95 Å². The van der Waals surface area contributed by atoms with Crippen LogP contribution in [0.1, 0.15) is 25.0 Å². The Labute approximate surface area is 93.1 Å². The Kier molecular flexibility index (Phi) is 1.64. The molecule has 5 heteroatoms. The molecule has 0 bridgehead atoms. The number of anilines is 1. The van der Waals surface area contributed by atoms with Gasteiger partial charge in [-0.3, -0.25) is 5.10 Å². The molecule has 3 N–H and O–H groups in total. The summed E-state index contributed by atoms with van der Waals surface area (Å²) in [6, 6.07) is 0. The highest BCUT2D eigenvalue weighted by Crippen LogP contribution is 2.40. The maximum absolute atomic E-state index is 5.61. The van der Waals surface area contributed by atoms with E-state index in [9.17, 15) is 0 Å². The number of nitrogen functional groups attached to an aromatic ring is 1. The molecule has 0 aromatic carbocycles. The van der Waals surface area contributed by atoms with Crippen LogP contribution in [-0.4, -0.2) is 20.2 Å². The summed E-state index contributed by atoms with van der Waals surface area (Å²) in [6.45, 7) is 4.33. The molecule has 0 saturated carbocycles. The Bertz CT molecular complexity index is 555. The fraction of sp³-hybridized carbons (Fsp3) is 0.364. The van der Waals surface area contributed by atoms with Gasteiger partial charge in [-0.25, -0.2) is 9.97 Å². The van der Waals surface area contributed by atoms with Crippen molar-refractivity contribution in [2.45, 2.75) is 25.7 Å². The molecule has 16 heavy (non-hydrogen) atoms. The molecule has 1 aliphatic rings. The van der Waals surface area contributed by atoms with E-state index in [1.54, 1.807) is 6.20 Å². The molecule has 0 amide bonds. The third-order valence-electron chi connectivity index (χ3n) is 3.01. The van der Waals surface area contributed by atoms with E-state index in [0.717, 1.165) is 28.9 Å². The van der Waals surface area contributed by atoms with E-state index in [1.165, 1.54) is 0 Å². The van der Waals surface area contributed by atoms with Crippen LogP contribution in [0.15, 0.2) is 6.20 Å². The molecule has 5 nitrogen and oxygen atoms in total. The molecule has 2 aromatic rings. The molecular formula is C11H12N5. The van der Waals surface area contributed by atoms with Crippen LogP contribution in [0.3, 0.4) is 0 Å². The largest absolute Gasteiger partial charge is 0.368 e. The summed E-state index contributed by atoms with van der Waals surface area (Å²) in [4.78, 5) is 8.31. The lowest BCUT2D eigenvalue weighted by molar-refractivity contribution is 0.514. The summed E-state index contributed by atoms with van der Waals surface area (Å²) in [5, 5.41) is 6.92. The van der Waals surface area contributed by atoms with Gasteiger partial charge in [0.05, 0.1) is 11.4 Å². The first kappa shape index (κ1) is 9.33. The van der Waals surface area contributed by atoms with Crippen molar-refractivity contribution < 1.29 is 0 Å². The zero-order valence-corrected chi connectivity index (χ0v) is 9.20. The van der Waals surface area contributed by atoms with Crippen LogP contribution in [0.25, 0.3) is 11.4 Å². The molecule has 1 aliphatic carbocycles. The van der Waals surface area contributed by atoms with E-state index in [2.05, 4.69) is 40.2 Å². The van der Waals surface area contributed by atoms with Crippen LogP contribution >= 0.6 is 0 Å². The van der Waals surface area contributed by atoms with Crippen molar-refractivity contribution in [2.75, 3.05) is 5.73 Å². The number of H-pyrrole nitrogens is 1. The predicted octanol–water partition coefficient (Wildman–Crippen LogP) is 1.08. The molecule has 0 fully saturated rings. The molecule has 0 spiro atoms. The molecule has 2 aromatic heterocycles. The van der Waals surface area contributed by atoms with Crippen LogP contribution in [0.5, 0.6) is 0 Å². The SMILES string of the molecule is CC1(C)Cc2cnc(N)nc2-c2[nH]n[c]c21. The maximum atomic E-state index is 5.61. The number of aromatic amines is 1. The second-order valence-electron chi connectivity index (χ2n) is 4.75. The van der Waals surface area contributed by atoms with Crippen LogP contribution in [0.2, 0.25) is 0 Å². The van der Waals surface area contributed by atoms with E-state index in [4.69, 9.17) is 5.73 Å². The van der Waals surface area contributed by atoms with Gasteiger partial charge in [0.2, 0.25) is 5.95 Å². The summed E-state index contributed by atoms with van der Waals surface area (Å²) in [5.74, 6) is 0.291. The number of fused-ring (bicyclic) bond motifs is 3. The van der Waals surface area contributed by atoms with Crippen molar-refractivity contribution in [3.05, 3.63) is 23.5 Å². The normalized spacial score (nSPS) is 16.6. The third kappa shape index (κ3) is 1.14. The number of nitrogens with zero attached hydrogens (tertiary/aromatic N) is 3. The summed E-state index contributed by atoms with van der Waals surface area (Å²) >= 11 is 0. The van der Waals surface area contributed by atoms with Crippen LogP contribution in [0, 0.1) is 6.20 Å². The van der Waals surface area contributed by atoms with Gasteiger partial charge in [-0.2, -0.15) is 5.10 Å². The topological polar surface area (TPSA) is 80.5 Å². The van der Waals surface area contributed by atoms with E-state index in [1.807, 2.05) is 0 Å². The number of rotatable bonds is 0. The highest BCUT2D eigenvalue weighted by atomic mass is 15.1. The van der Waals surface area contributed by atoms with Gasteiger partial charge in [-0.1, -0.05) is 13.8 Å². The monoisotopic (exact) mass is 214 g/mol. The third-order valence-corrected chi connectivity index (χ3v) is 3.01. The molecule has 0 atom stereocenters. The smallest absolute Gasteiger partial charge is 0.220 e. The maximum Gasteiger partial charge on any atom is 0.220 e. The van der Waals surface area contributed by atoms with Gasteiger partial charge in [0.25, 0.3) is 0 Å². The second-order valence-corrected chi connectivity index (χ2v) is 4.75. The number of nitrogens with two attached hydrogens (primary N) is 1. The van der Waals surface area contributed by atoms with Crippen molar-refractivity contribution in [2.24, 2.45) is 0 Å².